The third kappa shape index (κ3) is 2.37. The van der Waals surface area contributed by atoms with Gasteiger partial charge in [0.2, 0.25) is 0 Å². The molecule has 106 valence electrons. The minimum absolute atomic E-state index is 0.0177. The highest BCUT2D eigenvalue weighted by atomic mass is 79.9. The van der Waals surface area contributed by atoms with Crippen molar-refractivity contribution in [3.63, 3.8) is 0 Å². The second kappa shape index (κ2) is 5.40. The van der Waals surface area contributed by atoms with Crippen LogP contribution in [0.25, 0.3) is 0 Å². The Morgan fingerprint density at radius 1 is 1.60 bits per heavy atom. The van der Waals surface area contributed by atoms with Crippen molar-refractivity contribution >= 4 is 21.8 Å². The zero-order chi connectivity index (χ0) is 14.1. The Kier molecular flexibility index (Phi) is 3.60. The molecule has 1 saturated heterocycles. The second-order valence-corrected chi connectivity index (χ2v) is 5.83. The molecule has 1 fully saturated rings. The first-order valence-electron chi connectivity index (χ1n) is 6.65. The molecule has 1 aliphatic heterocycles. The predicted molar refractivity (Wildman–Crippen MR) is 77.3 cm³/mol. The lowest BCUT2D eigenvalue weighted by molar-refractivity contribution is 0.0714. The Balaban J connectivity index is 1.78. The molecule has 7 heteroatoms. The van der Waals surface area contributed by atoms with E-state index < -0.39 is 0 Å². The molecule has 0 unspecified atom stereocenters. The summed E-state index contributed by atoms with van der Waals surface area (Å²) in [5.41, 5.74) is 1.34. The number of nitrogens with zero attached hydrogens (tertiary/aromatic N) is 4. The van der Waals surface area contributed by atoms with Crippen molar-refractivity contribution < 1.29 is 4.79 Å². The molecule has 1 N–H and O–H groups in total. The molecule has 0 aliphatic carbocycles. The van der Waals surface area contributed by atoms with E-state index in [9.17, 15) is 4.79 Å². The molecule has 0 spiro atoms. The van der Waals surface area contributed by atoms with Gasteiger partial charge < -0.3 is 4.90 Å². The zero-order valence-electron chi connectivity index (χ0n) is 11.2. The first-order chi connectivity index (χ1) is 9.66. The van der Waals surface area contributed by atoms with Crippen molar-refractivity contribution in [1.29, 1.82) is 0 Å². The molecular formula is C13H16BrN5O. The third-order valence-corrected chi connectivity index (χ3v) is 4.64. The first kappa shape index (κ1) is 13.4. The van der Waals surface area contributed by atoms with Gasteiger partial charge in [0, 0.05) is 24.6 Å². The van der Waals surface area contributed by atoms with E-state index >= 15 is 0 Å². The fourth-order valence-electron chi connectivity index (χ4n) is 2.61. The highest BCUT2D eigenvalue weighted by Gasteiger charge is 2.32. The van der Waals surface area contributed by atoms with E-state index in [1.54, 1.807) is 6.20 Å². The molecule has 1 aliphatic rings. The minimum atomic E-state index is -0.0177. The summed E-state index contributed by atoms with van der Waals surface area (Å²) in [6, 6.07) is 2.08. The molecule has 20 heavy (non-hydrogen) atoms. The lowest BCUT2D eigenvalue weighted by atomic mass is 10.2. The Labute approximate surface area is 125 Å². The van der Waals surface area contributed by atoms with Crippen LogP contribution in [0.1, 0.15) is 29.0 Å². The topological polar surface area (TPSA) is 66.8 Å². The zero-order valence-corrected chi connectivity index (χ0v) is 12.8. The Morgan fingerprint density at radius 2 is 2.45 bits per heavy atom. The average Bonchev–Trinajstić information content (AvgIpc) is 3.14. The Hall–Kier alpha value is -1.63. The number of aromatic nitrogens is 4. The number of nitrogens with one attached hydrogen (secondary N) is 1. The van der Waals surface area contributed by atoms with Crippen molar-refractivity contribution in [2.24, 2.45) is 0 Å². The fraction of sp³-hybridized carbons (Fsp3) is 0.462. The van der Waals surface area contributed by atoms with Crippen molar-refractivity contribution in [3.05, 3.63) is 34.3 Å². The molecule has 1 atom stereocenters. The van der Waals surface area contributed by atoms with Crippen molar-refractivity contribution in [3.8, 4) is 0 Å². The standard InChI is InChI=1S/C13H16BrN5O/c1-9-11(14)12(17-16-9)13(20)19-7-2-4-10(19)8-18-6-3-5-15-18/h3,5-6,10H,2,4,7-8H2,1H3,(H,16,17)/t10-/m1/s1. The van der Waals surface area contributed by atoms with Gasteiger partial charge in [-0.3, -0.25) is 14.6 Å². The van der Waals surface area contributed by atoms with Crippen LogP contribution in [-0.2, 0) is 6.54 Å². The maximum atomic E-state index is 12.6. The highest BCUT2D eigenvalue weighted by Crippen LogP contribution is 2.25. The smallest absolute Gasteiger partial charge is 0.275 e. The lowest BCUT2D eigenvalue weighted by Crippen LogP contribution is -2.38. The summed E-state index contributed by atoms with van der Waals surface area (Å²) in [4.78, 5) is 14.5. The van der Waals surface area contributed by atoms with Gasteiger partial charge >= 0.3 is 0 Å². The van der Waals surface area contributed by atoms with E-state index in [0.717, 1.165) is 36.1 Å². The van der Waals surface area contributed by atoms with Gasteiger partial charge in [0.15, 0.2) is 5.69 Å². The number of aromatic amines is 1. The van der Waals surface area contributed by atoms with Crippen LogP contribution in [0.4, 0.5) is 0 Å². The van der Waals surface area contributed by atoms with Gasteiger partial charge in [-0.05, 0) is 41.8 Å². The highest BCUT2D eigenvalue weighted by molar-refractivity contribution is 9.10. The number of likely N-dealkylation sites (tertiary alicyclic amines) is 1. The van der Waals surface area contributed by atoms with Gasteiger partial charge in [0.05, 0.1) is 17.1 Å². The van der Waals surface area contributed by atoms with E-state index in [1.165, 1.54) is 0 Å². The quantitative estimate of drug-likeness (QED) is 0.931. The van der Waals surface area contributed by atoms with Crippen LogP contribution in [0.2, 0.25) is 0 Å². The van der Waals surface area contributed by atoms with Crippen LogP contribution in [0, 0.1) is 6.92 Å². The summed E-state index contributed by atoms with van der Waals surface area (Å²) in [6.07, 6.45) is 5.72. The molecule has 3 heterocycles. The number of H-pyrrole nitrogens is 1. The van der Waals surface area contributed by atoms with E-state index in [0.29, 0.717) is 5.69 Å². The first-order valence-corrected chi connectivity index (χ1v) is 7.45. The second-order valence-electron chi connectivity index (χ2n) is 5.03. The van der Waals surface area contributed by atoms with Crippen LogP contribution in [0.5, 0.6) is 0 Å². The monoisotopic (exact) mass is 337 g/mol. The Morgan fingerprint density at radius 3 is 3.10 bits per heavy atom. The van der Waals surface area contributed by atoms with Crippen molar-refractivity contribution in [2.45, 2.75) is 32.4 Å². The SMILES string of the molecule is Cc1[nH]nc(C(=O)N2CCC[C@@H]2Cn2cccn2)c1Br. The number of halogens is 1. The number of hydrogen-bond donors (Lipinski definition) is 1. The van der Waals surface area contributed by atoms with Crippen molar-refractivity contribution in [2.75, 3.05) is 6.54 Å². The van der Waals surface area contributed by atoms with Gasteiger partial charge in [-0.25, -0.2) is 0 Å². The largest absolute Gasteiger partial charge is 0.332 e. The molecule has 0 bridgehead atoms. The molecular weight excluding hydrogens is 322 g/mol. The number of aryl methyl sites for hydroxylation is 1. The molecule has 0 aromatic carbocycles. The molecule has 6 nitrogen and oxygen atoms in total. The molecule has 3 rings (SSSR count). The summed E-state index contributed by atoms with van der Waals surface area (Å²) in [5, 5.41) is 11.2. The number of rotatable bonds is 3. The number of carbonyl (C=O) groups is 1. The van der Waals surface area contributed by atoms with Gasteiger partial charge in [-0.2, -0.15) is 10.2 Å². The van der Waals surface area contributed by atoms with Crippen LogP contribution < -0.4 is 0 Å². The summed E-state index contributed by atoms with van der Waals surface area (Å²) < 4.78 is 2.63. The van der Waals surface area contributed by atoms with E-state index in [4.69, 9.17) is 0 Å². The van der Waals surface area contributed by atoms with Crippen LogP contribution in [-0.4, -0.2) is 43.4 Å². The maximum absolute atomic E-state index is 12.6. The van der Waals surface area contributed by atoms with Crippen LogP contribution in [0.15, 0.2) is 22.9 Å². The fourth-order valence-corrected chi connectivity index (χ4v) is 2.96. The van der Waals surface area contributed by atoms with Crippen molar-refractivity contribution in [1.82, 2.24) is 24.9 Å². The molecule has 0 saturated carbocycles. The predicted octanol–water partition coefficient (Wildman–Crippen LogP) is 1.98. The molecule has 2 aromatic heterocycles. The van der Waals surface area contributed by atoms with Gasteiger partial charge in [0.1, 0.15) is 0 Å². The maximum Gasteiger partial charge on any atom is 0.275 e. The van der Waals surface area contributed by atoms with E-state index in [1.807, 2.05) is 28.8 Å². The average molecular weight is 338 g/mol. The third-order valence-electron chi connectivity index (χ3n) is 3.67. The number of carbonyl (C=O) groups excluding carboxylic acids is 1. The van der Waals surface area contributed by atoms with E-state index in [2.05, 4.69) is 31.2 Å². The number of amides is 1. The molecule has 2 aromatic rings. The van der Waals surface area contributed by atoms with Gasteiger partial charge in [-0.15, -0.1) is 0 Å². The lowest BCUT2D eigenvalue weighted by Gasteiger charge is -2.24. The summed E-state index contributed by atoms with van der Waals surface area (Å²) in [5.74, 6) is -0.0177. The molecule has 1 amide bonds. The Bertz CT molecular complexity index is 606. The number of hydrogen-bond acceptors (Lipinski definition) is 3. The summed E-state index contributed by atoms with van der Waals surface area (Å²) >= 11 is 3.42. The minimum Gasteiger partial charge on any atom is -0.332 e. The van der Waals surface area contributed by atoms with Gasteiger partial charge in [-0.1, -0.05) is 0 Å². The normalized spacial score (nSPS) is 18.7. The van der Waals surface area contributed by atoms with Crippen LogP contribution >= 0.6 is 15.9 Å². The van der Waals surface area contributed by atoms with Gasteiger partial charge in [0.25, 0.3) is 5.91 Å². The van der Waals surface area contributed by atoms with E-state index in [-0.39, 0.29) is 11.9 Å². The summed E-state index contributed by atoms with van der Waals surface area (Å²) in [6.45, 7) is 3.40. The summed E-state index contributed by atoms with van der Waals surface area (Å²) in [7, 11) is 0. The van der Waals surface area contributed by atoms with Crippen LogP contribution in [0.3, 0.4) is 0 Å². The molecule has 0 radical (unpaired) electrons.